The molecule has 3 heterocycles. The van der Waals surface area contributed by atoms with Gasteiger partial charge >= 0.3 is 0 Å². The number of piperidine rings is 1. The Morgan fingerprint density at radius 1 is 1.11 bits per heavy atom. The van der Waals surface area contributed by atoms with E-state index in [1.807, 2.05) is 42.5 Å². The molecule has 8 heteroatoms. The van der Waals surface area contributed by atoms with Crippen molar-refractivity contribution in [1.82, 2.24) is 30.5 Å². The molecule has 0 spiro atoms. The van der Waals surface area contributed by atoms with Gasteiger partial charge in [0, 0.05) is 37.9 Å². The molecule has 0 saturated carbocycles. The van der Waals surface area contributed by atoms with Gasteiger partial charge in [-0.15, -0.1) is 0 Å². The summed E-state index contributed by atoms with van der Waals surface area (Å²) in [5.41, 5.74) is 1.93. The molecule has 0 unspecified atom stereocenters. The highest BCUT2D eigenvalue weighted by Crippen LogP contribution is 2.23. The van der Waals surface area contributed by atoms with Gasteiger partial charge in [0.05, 0.1) is 5.69 Å². The molecule has 1 amide bonds. The number of hydrogen-bond acceptors (Lipinski definition) is 6. The molecule has 1 aromatic carbocycles. The van der Waals surface area contributed by atoms with Gasteiger partial charge in [-0.25, -0.2) is 0 Å². The Morgan fingerprint density at radius 3 is 2.67 bits per heavy atom. The van der Waals surface area contributed by atoms with Gasteiger partial charge in [0.2, 0.25) is 11.9 Å². The Hall–Kier alpha value is -3.29. The van der Waals surface area contributed by atoms with Crippen LogP contribution in [0.4, 0.5) is 5.95 Å². The van der Waals surface area contributed by atoms with E-state index in [1.54, 1.807) is 17.1 Å². The summed E-state index contributed by atoms with van der Waals surface area (Å²) in [5, 5.41) is 15.1. The molecule has 8 nitrogen and oxygen atoms in total. The van der Waals surface area contributed by atoms with Crippen LogP contribution in [0, 0.1) is 5.92 Å². The number of amides is 1. The van der Waals surface area contributed by atoms with E-state index in [-0.39, 0.29) is 11.8 Å². The summed E-state index contributed by atoms with van der Waals surface area (Å²) in [6, 6.07) is 13.6. The number of benzene rings is 1. The van der Waals surface area contributed by atoms with E-state index in [1.165, 1.54) is 0 Å². The number of hydrogen-bond donors (Lipinski definition) is 1. The van der Waals surface area contributed by atoms with Gasteiger partial charge in [-0.1, -0.05) is 29.4 Å². The summed E-state index contributed by atoms with van der Waals surface area (Å²) >= 11 is 0. The Labute approximate surface area is 157 Å². The molecule has 4 rings (SSSR count). The lowest BCUT2D eigenvalue weighted by atomic mass is 9.96. The molecule has 27 heavy (non-hydrogen) atoms. The molecule has 2 aromatic heterocycles. The molecule has 1 aliphatic rings. The van der Waals surface area contributed by atoms with Crippen LogP contribution < -0.4 is 10.2 Å². The number of nitrogens with one attached hydrogen (secondary N) is 1. The van der Waals surface area contributed by atoms with Gasteiger partial charge in [0.25, 0.3) is 0 Å². The van der Waals surface area contributed by atoms with Crippen molar-refractivity contribution in [3.63, 3.8) is 0 Å². The van der Waals surface area contributed by atoms with E-state index in [0.717, 1.165) is 43.1 Å². The zero-order valence-corrected chi connectivity index (χ0v) is 14.9. The molecule has 0 radical (unpaired) electrons. The van der Waals surface area contributed by atoms with E-state index in [4.69, 9.17) is 0 Å². The Morgan fingerprint density at radius 2 is 1.93 bits per heavy atom. The fourth-order valence-corrected chi connectivity index (χ4v) is 3.29. The number of nitrogens with zero attached hydrogens (tertiary/aromatic N) is 6. The van der Waals surface area contributed by atoms with Crippen molar-refractivity contribution in [2.75, 3.05) is 18.0 Å². The van der Waals surface area contributed by atoms with Crippen LogP contribution in [0.5, 0.6) is 0 Å². The maximum atomic E-state index is 12.5. The summed E-state index contributed by atoms with van der Waals surface area (Å²) in [7, 11) is 0. The summed E-state index contributed by atoms with van der Waals surface area (Å²) in [5.74, 6) is 0.829. The number of para-hydroxylation sites is 1. The van der Waals surface area contributed by atoms with Crippen molar-refractivity contribution < 1.29 is 4.79 Å². The molecule has 138 valence electrons. The lowest BCUT2D eigenvalue weighted by molar-refractivity contribution is -0.125. The summed E-state index contributed by atoms with van der Waals surface area (Å²) in [6.45, 7) is 2.01. The number of anilines is 1. The summed E-state index contributed by atoms with van der Waals surface area (Å²) in [4.78, 5) is 18.7. The van der Waals surface area contributed by atoms with E-state index < -0.39 is 0 Å². The van der Waals surface area contributed by atoms with Gasteiger partial charge in [0.15, 0.2) is 0 Å². The monoisotopic (exact) mass is 363 g/mol. The fraction of sp³-hybridized carbons (Fsp3) is 0.316. The summed E-state index contributed by atoms with van der Waals surface area (Å²) in [6.07, 6.45) is 5.05. The highest BCUT2D eigenvalue weighted by Gasteiger charge is 2.27. The fourth-order valence-electron chi connectivity index (χ4n) is 3.29. The van der Waals surface area contributed by atoms with Crippen molar-refractivity contribution in [2.45, 2.75) is 19.4 Å². The minimum atomic E-state index is 0.0129. The van der Waals surface area contributed by atoms with Crippen LogP contribution in [0.2, 0.25) is 0 Å². The third-order valence-corrected chi connectivity index (χ3v) is 4.79. The first kappa shape index (κ1) is 17.1. The second kappa shape index (κ2) is 7.94. The first-order chi connectivity index (χ1) is 13.3. The maximum absolute atomic E-state index is 12.5. The van der Waals surface area contributed by atoms with Crippen LogP contribution in [0.15, 0.2) is 54.9 Å². The highest BCUT2D eigenvalue weighted by atomic mass is 16.1. The molecule has 0 bridgehead atoms. The number of aromatic nitrogens is 5. The first-order valence-electron chi connectivity index (χ1n) is 9.06. The molecule has 1 fully saturated rings. The Bertz CT molecular complexity index is 873. The first-order valence-corrected chi connectivity index (χ1v) is 9.06. The van der Waals surface area contributed by atoms with Gasteiger partial charge in [-0.3, -0.25) is 9.78 Å². The van der Waals surface area contributed by atoms with Gasteiger partial charge in [-0.05, 0) is 47.0 Å². The second-order valence-electron chi connectivity index (χ2n) is 6.57. The molecular weight excluding hydrogens is 342 g/mol. The predicted octanol–water partition coefficient (Wildman–Crippen LogP) is 1.59. The van der Waals surface area contributed by atoms with E-state index >= 15 is 0 Å². The number of pyridine rings is 1. The molecule has 1 N–H and O–H groups in total. The van der Waals surface area contributed by atoms with Crippen LogP contribution in [-0.2, 0) is 11.3 Å². The summed E-state index contributed by atoms with van der Waals surface area (Å²) < 4.78 is 1.74. The molecular formula is C19H21N7O. The Balaban J connectivity index is 1.34. The van der Waals surface area contributed by atoms with Gasteiger partial charge in [0.1, 0.15) is 0 Å². The molecule has 0 atom stereocenters. The topological polar surface area (TPSA) is 88.8 Å². The minimum absolute atomic E-state index is 0.0129. The largest absolute Gasteiger partial charge is 0.352 e. The number of tetrazole rings is 1. The van der Waals surface area contributed by atoms with Crippen molar-refractivity contribution in [1.29, 1.82) is 0 Å². The van der Waals surface area contributed by atoms with Crippen molar-refractivity contribution in [2.24, 2.45) is 5.92 Å². The standard InChI is InChI=1S/C19H21N7O/c27-18(21-14-15-5-4-10-20-13-15)16-8-11-25(12-9-16)19-22-23-24-26(19)17-6-2-1-3-7-17/h1-7,10,13,16H,8-9,11-12,14H2,(H,21,27). The molecule has 1 aliphatic heterocycles. The van der Waals surface area contributed by atoms with Crippen LogP contribution in [0.3, 0.4) is 0 Å². The van der Waals surface area contributed by atoms with E-state index in [2.05, 4.69) is 30.7 Å². The average Bonchev–Trinajstić information content (AvgIpc) is 3.23. The molecule has 3 aromatic rings. The van der Waals surface area contributed by atoms with Crippen LogP contribution in [0.1, 0.15) is 18.4 Å². The van der Waals surface area contributed by atoms with Gasteiger partial charge in [-0.2, -0.15) is 4.68 Å². The maximum Gasteiger partial charge on any atom is 0.250 e. The second-order valence-corrected chi connectivity index (χ2v) is 6.57. The van der Waals surface area contributed by atoms with E-state index in [0.29, 0.717) is 6.54 Å². The van der Waals surface area contributed by atoms with Crippen molar-refractivity contribution >= 4 is 11.9 Å². The van der Waals surface area contributed by atoms with Crippen LogP contribution in [0.25, 0.3) is 5.69 Å². The predicted molar refractivity (Wildman–Crippen MR) is 100 cm³/mol. The van der Waals surface area contributed by atoms with Crippen molar-refractivity contribution in [3.05, 3.63) is 60.4 Å². The highest BCUT2D eigenvalue weighted by molar-refractivity contribution is 5.78. The Kier molecular flexibility index (Phi) is 5.04. The van der Waals surface area contributed by atoms with E-state index in [9.17, 15) is 4.79 Å². The number of rotatable bonds is 5. The smallest absolute Gasteiger partial charge is 0.250 e. The quantitative estimate of drug-likeness (QED) is 0.741. The lowest BCUT2D eigenvalue weighted by Crippen LogP contribution is -2.41. The van der Waals surface area contributed by atoms with Crippen molar-refractivity contribution in [3.8, 4) is 5.69 Å². The average molecular weight is 363 g/mol. The minimum Gasteiger partial charge on any atom is -0.352 e. The SMILES string of the molecule is O=C(NCc1cccnc1)C1CCN(c2nnnn2-c2ccccc2)CC1. The van der Waals surface area contributed by atoms with Gasteiger partial charge < -0.3 is 10.2 Å². The van der Waals surface area contributed by atoms with Crippen LogP contribution >= 0.6 is 0 Å². The third-order valence-electron chi connectivity index (χ3n) is 4.79. The number of carbonyl (C=O) groups excluding carboxylic acids is 1. The third kappa shape index (κ3) is 3.94. The van der Waals surface area contributed by atoms with Crippen LogP contribution in [-0.4, -0.2) is 44.2 Å². The lowest BCUT2D eigenvalue weighted by Gasteiger charge is -2.31. The normalized spacial score (nSPS) is 14.9. The molecule has 1 saturated heterocycles. The zero-order valence-electron chi connectivity index (χ0n) is 14.9. The zero-order chi connectivity index (χ0) is 18.5. The molecule has 0 aliphatic carbocycles. The number of carbonyl (C=O) groups is 1.